The number of β-lactam (4-membered cyclic amide) rings is 1. The molecule has 0 radical (unpaired) electrons. The third-order valence-corrected chi connectivity index (χ3v) is 7.04. The number of fused-ring (bicyclic) bond motifs is 1. The molecule has 0 saturated carbocycles. The van der Waals surface area contributed by atoms with Crippen LogP contribution >= 0.6 is 11.8 Å². The predicted octanol–water partition coefficient (Wildman–Crippen LogP) is 1.57. The number of carbonyl (C=O) groups is 3. The summed E-state index contributed by atoms with van der Waals surface area (Å²) in [6, 6.07) is 8.29. The number of nitrogens with one attached hydrogen (secondary N) is 1. The quantitative estimate of drug-likeness (QED) is 0.583. The van der Waals surface area contributed by atoms with Crippen molar-refractivity contribution in [3.63, 3.8) is 0 Å². The lowest BCUT2D eigenvalue weighted by Crippen LogP contribution is -2.81. The van der Waals surface area contributed by atoms with Crippen LogP contribution in [0.3, 0.4) is 0 Å². The number of rotatable bonds is 5. The number of carboxylic acid groups (broad SMARTS) is 1. The molecule has 3 atom stereocenters. The molecular formula is C19H24N2O5S. The standard InChI is InChI=1S/C19H24N2O5S/c1-17(2,11-9-7-6-8-10-11)14(24)20-19(26-5)15(25)21-12(13(22)23)18(3,4)27-16(19)21/h6-10,12,16H,1-5H3,(H,20,24)(H,22,23)/t12-,16+,19?/m0/s1. The summed E-state index contributed by atoms with van der Waals surface area (Å²) in [6.07, 6.45) is 0. The van der Waals surface area contributed by atoms with Gasteiger partial charge in [0.2, 0.25) is 5.91 Å². The average molecular weight is 392 g/mol. The molecule has 3 rings (SSSR count). The Bertz CT molecular complexity index is 795. The summed E-state index contributed by atoms with van der Waals surface area (Å²) in [5, 5.41) is 11.7. The monoisotopic (exact) mass is 392 g/mol. The van der Waals surface area contributed by atoms with Gasteiger partial charge in [0.05, 0.1) is 5.41 Å². The van der Waals surface area contributed by atoms with E-state index in [1.165, 1.54) is 23.8 Å². The van der Waals surface area contributed by atoms with Crippen LogP contribution in [-0.2, 0) is 24.5 Å². The Morgan fingerprint density at radius 2 is 1.85 bits per heavy atom. The van der Waals surface area contributed by atoms with Crippen molar-refractivity contribution in [2.24, 2.45) is 0 Å². The first kappa shape index (κ1) is 19.7. The molecule has 2 aliphatic rings. The second-order valence-corrected chi connectivity index (χ2v) is 9.65. The van der Waals surface area contributed by atoms with E-state index in [1.807, 2.05) is 30.3 Å². The molecule has 2 fully saturated rings. The van der Waals surface area contributed by atoms with Crippen LogP contribution in [0.15, 0.2) is 30.3 Å². The highest BCUT2D eigenvalue weighted by molar-refractivity contribution is 8.01. The summed E-state index contributed by atoms with van der Waals surface area (Å²) in [5.74, 6) is -1.96. The number of thioether (sulfide) groups is 1. The Labute approximate surface area is 162 Å². The van der Waals surface area contributed by atoms with Crippen molar-refractivity contribution in [2.45, 2.75) is 55.0 Å². The number of methoxy groups -OCH3 is 1. The van der Waals surface area contributed by atoms with Crippen LogP contribution in [0.25, 0.3) is 0 Å². The molecule has 0 spiro atoms. The molecule has 8 heteroatoms. The van der Waals surface area contributed by atoms with E-state index in [9.17, 15) is 19.5 Å². The number of hydrogen-bond donors (Lipinski definition) is 2. The normalized spacial score (nSPS) is 29.1. The van der Waals surface area contributed by atoms with Crippen LogP contribution in [0.2, 0.25) is 0 Å². The van der Waals surface area contributed by atoms with E-state index < -0.39 is 39.2 Å². The molecule has 27 heavy (non-hydrogen) atoms. The SMILES string of the molecule is COC1(NC(=O)C(C)(C)c2ccccc2)C(=O)N2[C@@H](C(=O)O)C(C)(C)S[C@@H]21. The maximum atomic E-state index is 13.1. The third kappa shape index (κ3) is 2.73. The van der Waals surface area contributed by atoms with Gasteiger partial charge >= 0.3 is 5.97 Å². The van der Waals surface area contributed by atoms with Crippen molar-refractivity contribution in [1.29, 1.82) is 0 Å². The zero-order valence-electron chi connectivity index (χ0n) is 16.0. The smallest absolute Gasteiger partial charge is 0.327 e. The summed E-state index contributed by atoms with van der Waals surface area (Å²) in [7, 11) is 1.35. The minimum absolute atomic E-state index is 0.360. The van der Waals surface area contributed by atoms with E-state index in [0.717, 1.165) is 5.56 Å². The third-order valence-electron chi connectivity index (χ3n) is 5.42. The first-order chi connectivity index (χ1) is 12.5. The maximum Gasteiger partial charge on any atom is 0.327 e. The van der Waals surface area contributed by atoms with Gasteiger partial charge in [0.25, 0.3) is 11.6 Å². The highest BCUT2D eigenvalue weighted by atomic mass is 32.2. The Morgan fingerprint density at radius 3 is 2.37 bits per heavy atom. The molecule has 7 nitrogen and oxygen atoms in total. The number of hydrogen-bond acceptors (Lipinski definition) is 5. The number of aliphatic carboxylic acids is 1. The van der Waals surface area contributed by atoms with Crippen LogP contribution in [-0.4, -0.2) is 56.8 Å². The Balaban J connectivity index is 1.89. The molecule has 1 unspecified atom stereocenters. The largest absolute Gasteiger partial charge is 0.480 e. The van der Waals surface area contributed by atoms with Crippen LogP contribution in [0.1, 0.15) is 33.3 Å². The molecule has 2 heterocycles. The minimum atomic E-state index is -1.56. The number of nitrogens with zero attached hydrogens (tertiary/aromatic N) is 1. The van der Waals surface area contributed by atoms with Gasteiger partial charge in [0.15, 0.2) is 0 Å². The summed E-state index contributed by atoms with van der Waals surface area (Å²) in [4.78, 5) is 38.9. The number of amides is 2. The van der Waals surface area contributed by atoms with Crippen molar-refractivity contribution in [3.05, 3.63) is 35.9 Å². The average Bonchev–Trinajstić information content (AvgIpc) is 2.89. The zero-order chi connectivity index (χ0) is 20.2. The molecule has 0 bridgehead atoms. The Kier molecular flexibility index (Phi) is 4.55. The van der Waals surface area contributed by atoms with E-state index in [0.29, 0.717) is 0 Å². The van der Waals surface area contributed by atoms with Gasteiger partial charge in [-0.15, -0.1) is 11.8 Å². The fourth-order valence-electron chi connectivity index (χ4n) is 3.69. The van der Waals surface area contributed by atoms with Crippen LogP contribution < -0.4 is 5.32 Å². The van der Waals surface area contributed by atoms with Crippen LogP contribution in [0.5, 0.6) is 0 Å². The van der Waals surface area contributed by atoms with Gasteiger partial charge in [-0.05, 0) is 33.3 Å². The van der Waals surface area contributed by atoms with Crippen molar-refractivity contribution in [2.75, 3.05) is 7.11 Å². The number of carboxylic acids is 1. The van der Waals surface area contributed by atoms with Gasteiger partial charge in [0, 0.05) is 11.9 Å². The van der Waals surface area contributed by atoms with Crippen molar-refractivity contribution in [1.82, 2.24) is 10.2 Å². The number of ether oxygens (including phenoxy) is 1. The molecular weight excluding hydrogens is 368 g/mol. The molecule has 146 valence electrons. The maximum absolute atomic E-state index is 13.1. The molecule has 2 aliphatic heterocycles. The van der Waals surface area contributed by atoms with Gasteiger partial charge in [-0.25, -0.2) is 4.79 Å². The Morgan fingerprint density at radius 1 is 1.26 bits per heavy atom. The van der Waals surface area contributed by atoms with E-state index in [2.05, 4.69) is 5.32 Å². The molecule has 2 saturated heterocycles. The highest BCUT2D eigenvalue weighted by Gasteiger charge is 2.73. The van der Waals surface area contributed by atoms with Gasteiger partial charge in [-0.3, -0.25) is 9.59 Å². The second-order valence-electron chi connectivity index (χ2n) is 7.91. The van der Waals surface area contributed by atoms with Gasteiger partial charge in [-0.1, -0.05) is 30.3 Å². The fourth-order valence-corrected chi connectivity index (χ4v) is 5.37. The molecule has 0 aliphatic carbocycles. The van der Waals surface area contributed by atoms with E-state index >= 15 is 0 Å². The first-order valence-corrected chi connectivity index (χ1v) is 9.53. The summed E-state index contributed by atoms with van der Waals surface area (Å²) >= 11 is 1.32. The number of benzene rings is 1. The van der Waals surface area contributed by atoms with Gasteiger partial charge < -0.3 is 20.1 Å². The zero-order valence-corrected chi connectivity index (χ0v) is 16.8. The molecule has 2 amide bonds. The molecule has 1 aromatic rings. The van der Waals surface area contributed by atoms with Crippen molar-refractivity contribution < 1.29 is 24.2 Å². The Hall–Kier alpha value is -2.06. The minimum Gasteiger partial charge on any atom is -0.480 e. The van der Waals surface area contributed by atoms with Crippen LogP contribution in [0.4, 0.5) is 0 Å². The molecule has 0 aromatic heterocycles. The van der Waals surface area contributed by atoms with Gasteiger partial charge in [0.1, 0.15) is 11.4 Å². The van der Waals surface area contributed by atoms with Crippen molar-refractivity contribution >= 4 is 29.5 Å². The fraction of sp³-hybridized carbons (Fsp3) is 0.526. The topological polar surface area (TPSA) is 95.9 Å². The van der Waals surface area contributed by atoms with Crippen LogP contribution in [0, 0.1) is 0 Å². The number of carbonyl (C=O) groups excluding carboxylic acids is 2. The summed E-state index contributed by atoms with van der Waals surface area (Å²) in [5.41, 5.74) is -1.64. The lowest BCUT2D eigenvalue weighted by molar-refractivity contribution is -0.201. The van der Waals surface area contributed by atoms with Gasteiger partial charge in [-0.2, -0.15) is 0 Å². The van der Waals surface area contributed by atoms with E-state index in [-0.39, 0.29) is 5.91 Å². The second kappa shape index (κ2) is 6.24. The summed E-state index contributed by atoms with van der Waals surface area (Å²) in [6.45, 7) is 7.10. The molecule has 2 N–H and O–H groups in total. The first-order valence-electron chi connectivity index (χ1n) is 8.65. The van der Waals surface area contributed by atoms with Crippen molar-refractivity contribution in [3.8, 4) is 0 Å². The van der Waals surface area contributed by atoms with E-state index in [4.69, 9.17) is 4.74 Å². The summed E-state index contributed by atoms with van der Waals surface area (Å²) < 4.78 is 4.78. The lowest BCUT2D eigenvalue weighted by Gasteiger charge is -2.52. The molecule has 1 aromatic carbocycles. The van der Waals surface area contributed by atoms with E-state index in [1.54, 1.807) is 27.7 Å². The predicted molar refractivity (Wildman–Crippen MR) is 101 cm³/mol. The lowest BCUT2D eigenvalue weighted by atomic mass is 9.82. The highest BCUT2D eigenvalue weighted by Crippen LogP contribution is 2.55.